The summed E-state index contributed by atoms with van der Waals surface area (Å²) in [7, 11) is 0. The van der Waals surface area contributed by atoms with Crippen molar-refractivity contribution in [1.29, 1.82) is 0 Å². The summed E-state index contributed by atoms with van der Waals surface area (Å²) in [5.41, 5.74) is 2.36. The van der Waals surface area contributed by atoms with E-state index < -0.39 is 5.92 Å². The Morgan fingerprint density at radius 2 is 1.81 bits per heavy atom. The van der Waals surface area contributed by atoms with Crippen LogP contribution in [0.4, 0.5) is 8.78 Å². The van der Waals surface area contributed by atoms with Gasteiger partial charge in [0.2, 0.25) is 0 Å². The summed E-state index contributed by atoms with van der Waals surface area (Å²) in [5, 5.41) is 2.94. The fraction of sp³-hybridized carbons (Fsp3) is 0.538. The highest BCUT2D eigenvalue weighted by molar-refractivity contribution is 5.36. The lowest BCUT2D eigenvalue weighted by molar-refractivity contribution is 0.0210. The molecule has 0 radical (unpaired) electrons. The van der Waals surface area contributed by atoms with E-state index in [9.17, 15) is 8.78 Å². The third kappa shape index (κ3) is 1.84. The Morgan fingerprint density at radius 3 is 2.38 bits per heavy atom. The zero-order valence-electron chi connectivity index (χ0n) is 9.05. The van der Waals surface area contributed by atoms with Crippen molar-refractivity contribution in [3.8, 4) is 0 Å². The van der Waals surface area contributed by atoms with Gasteiger partial charge in [0.25, 0.3) is 5.92 Å². The molecule has 16 heavy (non-hydrogen) atoms. The molecule has 86 valence electrons. The zero-order chi connectivity index (χ0) is 11.2. The minimum absolute atomic E-state index is 0.0588. The predicted molar refractivity (Wildman–Crippen MR) is 58.7 cm³/mol. The lowest BCUT2D eigenvalue weighted by atomic mass is 9.96. The lowest BCUT2D eigenvalue weighted by Gasteiger charge is -2.15. The van der Waals surface area contributed by atoms with Crippen molar-refractivity contribution in [2.45, 2.75) is 37.1 Å². The molecule has 1 atom stereocenters. The maximum Gasteiger partial charge on any atom is 0.262 e. The second-order valence-electron chi connectivity index (χ2n) is 4.90. The summed E-state index contributed by atoms with van der Waals surface area (Å²) in [4.78, 5) is 0. The second kappa shape index (κ2) is 3.52. The number of nitrogens with one attached hydrogen (secondary N) is 1. The molecular formula is C13H15F2N. The molecule has 3 rings (SSSR count). The Bertz CT molecular complexity index is 399. The van der Waals surface area contributed by atoms with Crippen LogP contribution in [-0.2, 0) is 0 Å². The number of halogens is 2. The number of alkyl halides is 2. The second-order valence-corrected chi connectivity index (χ2v) is 4.90. The van der Waals surface area contributed by atoms with Crippen LogP contribution in [0.1, 0.15) is 42.3 Å². The van der Waals surface area contributed by atoms with Crippen molar-refractivity contribution >= 4 is 0 Å². The first-order valence-electron chi connectivity index (χ1n) is 5.86. The molecule has 0 bridgehead atoms. The number of benzene rings is 1. The largest absolute Gasteiger partial charge is 0.304 e. The van der Waals surface area contributed by atoms with E-state index in [-0.39, 0.29) is 19.0 Å². The minimum atomic E-state index is -2.54. The first-order valence-corrected chi connectivity index (χ1v) is 5.86. The van der Waals surface area contributed by atoms with Gasteiger partial charge in [0.15, 0.2) is 0 Å². The molecule has 1 aliphatic carbocycles. The average Bonchev–Trinajstić information content (AvgIpc) is 3.03. The molecule has 1 N–H and O–H groups in total. The highest BCUT2D eigenvalue weighted by Crippen LogP contribution is 2.45. The Morgan fingerprint density at radius 1 is 1.12 bits per heavy atom. The van der Waals surface area contributed by atoms with Crippen LogP contribution in [-0.4, -0.2) is 12.5 Å². The van der Waals surface area contributed by atoms with Crippen LogP contribution >= 0.6 is 0 Å². The fourth-order valence-corrected chi connectivity index (χ4v) is 2.53. The zero-order valence-corrected chi connectivity index (χ0v) is 9.05. The maximum atomic E-state index is 13.2. The Kier molecular flexibility index (Phi) is 2.25. The first kappa shape index (κ1) is 10.2. The standard InChI is InChI=1S/C13H15F2N/c14-13(15)7-12(16-8-13)11-4-2-1-3-10(11)9-5-6-9/h1-4,9,12,16H,5-8H2. The topological polar surface area (TPSA) is 12.0 Å². The highest BCUT2D eigenvalue weighted by Gasteiger charge is 2.41. The van der Waals surface area contributed by atoms with E-state index in [0.717, 1.165) is 5.56 Å². The highest BCUT2D eigenvalue weighted by atomic mass is 19.3. The van der Waals surface area contributed by atoms with Crippen molar-refractivity contribution in [3.05, 3.63) is 35.4 Å². The van der Waals surface area contributed by atoms with E-state index in [4.69, 9.17) is 0 Å². The summed E-state index contributed by atoms with van der Waals surface area (Å²) in [5.74, 6) is -1.92. The molecule has 2 aliphatic rings. The molecule has 1 saturated heterocycles. The number of hydrogen-bond donors (Lipinski definition) is 1. The quantitative estimate of drug-likeness (QED) is 0.811. The van der Waals surface area contributed by atoms with Crippen LogP contribution in [0.5, 0.6) is 0 Å². The fourth-order valence-electron chi connectivity index (χ4n) is 2.53. The van der Waals surface area contributed by atoms with Crippen LogP contribution in [0, 0.1) is 0 Å². The summed E-state index contributed by atoms with van der Waals surface area (Å²) < 4.78 is 26.3. The van der Waals surface area contributed by atoms with Crippen molar-refractivity contribution < 1.29 is 8.78 Å². The molecular weight excluding hydrogens is 208 g/mol. The van der Waals surface area contributed by atoms with Gasteiger partial charge >= 0.3 is 0 Å². The molecule has 3 heteroatoms. The summed E-state index contributed by atoms with van der Waals surface area (Å²) in [6.45, 7) is -0.184. The molecule has 1 aliphatic heterocycles. The van der Waals surface area contributed by atoms with Crippen LogP contribution in [0.3, 0.4) is 0 Å². The van der Waals surface area contributed by atoms with E-state index in [1.165, 1.54) is 18.4 Å². The molecule has 1 saturated carbocycles. The molecule has 1 nitrogen and oxygen atoms in total. The van der Waals surface area contributed by atoms with Crippen molar-refractivity contribution in [1.82, 2.24) is 5.32 Å². The van der Waals surface area contributed by atoms with E-state index in [1.807, 2.05) is 18.2 Å². The van der Waals surface area contributed by atoms with Gasteiger partial charge in [-0.05, 0) is 29.9 Å². The molecule has 1 aromatic carbocycles. The SMILES string of the molecule is FC1(F)CNC(c2ccccc2C2CC2)C1. The van der Waals surface area contributed by atoms with Gasteiger partial charge in [-0.3, -0.25) is 0 Å². The van der Waals surface area contributed by atoms with Gasteiger partial charge in [-0.2, -0.15) is 0 Å². The minimum Gasteiger partial charge on any atom is -0.304 e. The normalized spacial score (nSPS) is 28.2. The smallest absolute Gasteiger partial charge is 0.262 e. The lowest BCUT2D eigenvalue weighted by Crippen LogP contribution is -2.19. The van der Waals surface area contributed by atoms with E-state index in [0.29, 0.717) is 5.92 Å². The van der Waals surface area contributed by atoms with E-state index in [1.54, 1.807) is 0 Å². The van der Waals surface area contributed by atoms with Gasteiger partial charge in [-0.1, -0.05) is 24.3 Å². The van der Waals surface area contributed by atoms with Gasteiger partial charge in [-0.15, -0.1) is 0 Å². The van der Waals surface area contributed by atoms with Crippen LogP contribution in [0.15, 0.2) is 24.3 Å². The van der Waals surface area contributed by atoms with E-state index in [2.05, 4.69) is 11.4 Å². The average molecular weight is 223 g/mol. The molecule has 0 spiro atoms. The van der Waals surface area contributed by atoms with Crippen LogP contribution < -0.4 is 5.32 Å². The third-order valence-electron chi connectivity index (χ3n) is 3.50. The number of rotatable bonds is 2. The summed E-state index contributed by atoms with van der Waals surface area (Å²) >= 11 is 0. The molecule has 1 unspecified atom stereocenters. The van der Waals surface area contributed by atoms with Gasteiger partial charge < -0.3 is 5.32 Å². The van der Waals surface area contributed by atoms with Gasteiger partial charge in [0.1, 0.15) is 0 Å². The maximum absolute atomic E-state index is 13.2. The summed E-state index contributed by atoms with van der Waals surface area (Å²) in [6, 6.07) is 7.87. The van der Waals surface area contributed by atoms with Gasteiger partial charge in [-0.25, -0.2) is 8.78 Å². The van der Waals surface area contributed by atoms with E-state index >= 15 is 0 Å². The number of hydrogen-bond acceptors (Lipinski definition) is 1. The summed E-state index contributed by atoms with van der Waals surface area (Å²) in [6.07, 6.45) is 2.36. The molecule has 0 amide bonds. The van der Waals surface area contributed by atoms with Crippen molar-refractivity contribution in [3.63, 3.8) is 0 Å². The molecule has 2 fully saturated rings. The molecule has 1 heterocycles. The molecule has 1 aromatic rings. The monoisotopic (exact) mass is 223 g/mol. The van der Waals surface area contributed by atoms with Crippen molar-refractivity contribution in [2.24, 2.45) is 0 Å². The Labute approximate surface area is 93.9 Å². The third-order valence-corrected chi connectivity index (χ3v) is 3.50. The predicted octanol–water partition coefficient (Wildman–Crippen LogP) is 3.23. The van der Waals surface area contributed by atoms with Crippen LogP contribution in [0.25, 0.3) is 0 Å². The van der Waals surface area contributed by atoms with Crippen molar-refractivity contribution in [2.75, 3.05) is 6.54 Å². The Hall–Kier alpha value is -0.960. The van der Waals surface area contributed by atoms with Gasteiger partial charge in [0, 0.05) is 12.5 Å². The van der Waals surface area contributed by atoms with Gasteiger partial charge in [0.05, 0.1) is 6.54 Å². The Balaban J connectivity index is 1.89. The molecule has 0 aromatic heterocycles. The van der Waals surface area contributed by atoms with Crippen LogP contribution in [0.2, 0.25) is 0 Å². The first-order chi connectivity index (χ1) is 7.66.